The van der Waals surface area contributed by atoms with Gasteiger partial charge in [-0.05, 0) is 35.7 Å². The zero-order valence-electron chi connectivity index (χ0n) is 11.8. The van der Waals surface area contributed by atoms with Crippen LogP contribution in [0, 0.1) is 10.1 Å². The second-order valence-corrected chi connectivity index (χ2v) is 5.41. The summed E-state index contributed by atoms with van der Waals surface area (Å²) in [7, 11) is 0. The summed E-state index contributed by atoms with van der Waals surface area (Å²) >= 11 is 0. The van der Waals surface area contributed by atoms with Crippen molar-refractivity contribution in [3.63, 3.8) is 0 Å². The second kappa shape index (κ2) is 4.96. The number of ether oxygens (including phenoxy) is 1. The largest absolute Gasteiger partial charge is 0.367 e. The van der Waals surface area contributed by atoms with Crippen molar-refractivity contribution in [2.75, 3.05) is 6.61 Å². The lowest BCUT2D eigenvalue weighted by atomic mass is 9.97. The number of hydrogen-bond acceptors (Lipinski definition) is 3. The van der Waals surface area contributed by atoms with Crippen LogP contribution in [0.25, 0.3) is 10.9 Å². The van der Waals surface area contributed by atoms with Gasteiger partial charge in [-0.25, -0.2) is 0 Å². The molecule has 110 valence electrons. The highest BCUT2D eigenvalue weighted by atomic mass is 16.6. The summed E-state index contributed by atoms with van der Waals surface area (Å²) in [5.41, 5.74) is 4.46. The molecule has 0 fully saturated rings. The summed E-state index contributed by atoms with van der Waals surface area (Å²) in [5.74, 6) is 0. The molecule has 0 aliphatic carbocycles. The molecule has 1 N–H and O–H groups in total. The second-order valence-electron chi connectivity index (χ2n) is 5.41. The maximum atomic E-state index is 10.8. The molecule has 5 nitrogen and oxygen atoms in total. The van der Waals surface area contributed by atoms with Crippen LogP contribution in [-0.4, -0.2) is 16.5 Å². The van der Waals surface area contributed by atoms with E-state index in [9.17, 15) is 10.1 Å². The fourth-order valence-electron chi connectivity index (χ4n) is 3.11. The summed E-state index contributed by atoms with van der Waals surface area (Å²) in [4.78, 5) is 13.8. The van der Waals surface area contributed by atoms with Crippen LogP contribution in [0.5, 0.6) is 0 Å². The number of benzene rings is 2. The molecule has 0 saturated heterocycles. The molecule has 1 aliphatic heterocycles. The van der Waals surface area contributed by atoms with E-state index in [-0.39, 0.29) is 16.7 Å². The first-order valence-corrected chi connectivity index (χ1v) is 7.19. The topological polar surface area (TPSA) is 68.2 Å². The van der Waals surface area contributed by atoms with Gasteiger partial charge in [-0.2, -0.15) is 0 Å². The predicted molar refractivity (Wildman–Crippen MR) is 82.9 cm³/mol. The Morgan fingerprint density at radius 3 is 2.68 bits per heavy atom. The summed E-state index contributed by atoms with van der Waals surface area (Å²) < 4.78 is 5.92. The van der Waals surface area contributed by atoms with Crippen molar-refractivity contribution in [1.82, 2.24) is 4.98 Å². The van der Waals surface area contributed by atoms with Gasteiger partial charge >= 0.3 is 0 Å². The standard InChI is InChI=1S/C17H14N2O3/c20-19(21)12-7-5-11(6-8-12)17-16-14(9-10-22-17)13-3-1-2-4-15(13)18-16/h1-8,17-18H,9-10H2. The van der Waals surface area contributed by atoms with Crippen molar-refractivity contribution in [3.05, 3.63) is 75.5 Å². The molecule has 1 atom stereocenters. The minimum Gasteiger partial charge on any atom is -0.367 e. The molecule has 4 rings (SSSR count). The van der Waals surface area contributed by atoms with Crippen molar-refractivity contribution >= 4 is 16.6 Å². The van der Waals surface area contributed by atoms with Crippen molar-refractivity contribution in [1.29, 1.82) is 0 Å². The van der Waals surface area contributed by atoms with E-state index in [1.165, 1.54) is 23.1 Å². The van der Waals surface area contributed by atoms with E-state index in [0.717, 1.165) is 23.2 Å². The molecule has 1 aliphatic rings. The Bertz CT molecular complexity index is 852. The first-order valence-electron chi connectivity index (χ1n) is 7.19. The van der Waals surface area contributed by atoms with Gasteiger partial charge in [-0.3, -0.25) is 10.1 Å². The Morgan fingerprint density at radius 1 is 1.14 bits per heavy atom. The molecule has 0 saturated carbocycles. The molecule has 3 aromatic rings. The third-order valence-corrected chi connectivity index (χ3v) is 4.15. The Kier molecular flexibility index (Phi) is 2.94. The third-order valence-electron chi connectivity index (χ3n) is 4.15. The number of rotatable bonds is 2. The van der Waals surface area contributed by atoms with E-state index in [2.05, 4.69) is 17.1 Å². The van der Waals surface area contributed by atoms with Gasteiger partial charge in [0.2, 0.25) is 0 Å². The van der Waals surface area contributed by atoms with Crippen LogP contribution in [0.1, 0.15) is 22.9 Å². The van der Waals surface area contributed by atoms with Gasteiger partial charge in [0.1, 0.15) is 6.10 Å². The number of aromatic nitrogens is 1. The summed E-state index contributed by atoms with van der Waals surface area (Å²) in [6.45, 7) is 0.649. The van der Waals surface area contributed by atoms with Crippen molar-refractivity contribution in [3.8, 4) is 0 Å². The Balaban J connectivity index is 1.80. The van der Waals surface area contributed by atoms with E-state index in [1.807, 2.05) is 12.1 Å². The summed E-state index contributed by atoms with van der Waals surface area (Å²) in [6.07, 6.45) is 0.681. The van der Waals surface area contributed by atoms with Crippen LogP contribution < -0.4 is 0 Å². The number of fused-ring (bicyclic) bond motifs is 3. The normalized spacial score (nSPS) is 17.4. The average Bonchev–Trinajstić information content (AvgIpc) is 2.93. The minimum absolute atomic E-state index is 0.0939. The fraction of sp³-hybridized carbons (Fsp3) is 0.176. The van der Waals surface area contributed by atoms with E-state index >= 15 is 0 Å². The van der Waals surface area contributed by atoms with Crippen LogP contribution in [-0.2, 0) is 11.2 Å². The lowest BCUT2D eigenvalue weighted by molar-refractivity contribution is -0.384. The number of H-pyrrole nitrogens is 1. The maximum Gasteiger partial charge on any atom is 0.269 e. The number of para-hydroxylation sites is 1. The molecule has 0 bridgehead atoms. The maximum absolute atomic E-state index is 10.8. The quantitative estimate of drug-likeness (QED) is 0.578. The number of hydrogen-bond donors (Lipinski definition) is 1. The predicted octanol–water partition coefficient (Wildman–Crippen LogP) is 3.74. The lowest BCUT2D eigenvalue weighted by Gasteiger charge is -2.23. The number of nitrogens with zero attached hydrogens (tertiary/aromatic N) is 1. The Morgan fingerprint density at radius 2 is 1.91 bits per heavy atom. The van der Waals surface area contributed by atoms with Crippen molar-refractivity contribution in [2.24, 2.45) is 0 Å². The van der Waals surface area contributed by atoms with Gasteiger partial charge in [0.05, 0.1) is 17.2 Å². The van der Waals surface area contributed by atoms with Gasteiger partial charge in [-0.1, -0.05) is 18.2 Å². The van der Waals surface area contributed by atoms with Crippen LogP contribution in [0.15, 0.2) is 48.5 Å². The highest BCUT2D eigenvalue weighted by molar-refractivity contribution is 5.85. The molecule has 22 heavy (non-hydrogen) atoms. The first-order chi connectivity index (χ1) is 10.7. The third kappa shape index (κ3) is 1.98. The van der Waals surface area contributed by atoms with Gasteiger partial charge in [0.25, 0.3) is 5.69 Å². The highest BCUT2D eigenvalue weighted by Gasteiger charge is 2.26. The molecule has 2 heterocycles. The van der Waals surface area contributed by atoms with Crippen molar-refractivity contribution < 1.29 is 9.66 Å². The minimum atomic E-state index is -0.389. The monoisotopic (exact) mass is 294 g/mol. The molecule has 2 aromatic carbocycles. The van der Waals surface area contributed by atoms with Gasteiger partial charge in [0.15, 0.2) is 0 Å². The average molecular weight is 294 g/mol. The Hall–Kier alpha value is -2.66. The first kappa shape index (κ1) is 13.0. The fourth-order valence-corrected chi connectivity index (χ4v) is 3.11. The van der Waals surface area contributed by atoms with E-state index in [0.29, 0.717) is 6.61 Å². The molecule has 0 amide bonds. The van der Waals surface area contributed by atoms with Crippen LogP contribution in [0.2, 0.25) is 0 Å². The number of non-ortho nitro benzene ring substituents is 1. The molecule has 0 spiro atoms. The molecule has 0 radical (unpaired) electrons. The molecular formula is C17H14N2O3. The van der Waals surface area contributed by atoms with Crippen LogP contribution >= 0.6 is 0 Å². The van der Waals surface area contributed by atoms with Crippen LogP contribution in [0.4, 0.5) is 5.69 Å². The zero-order chi connectivity index (χ0) is 15.1. The van der Waals surface area contributed by atoms with Gasteiger partial charge in [-0.15, -0.1) is 0 Å². The smallest absolute Gasteiger partial charge is 0.269 e. The summed E-state index contributed by atoms with van der Waals surface area (Å²) in [6, 6.07) is 14.8. The lowest BCUT2D eigenvalue weighted by Crippen LogP contribution is -2.16. The number of nitro groups is 1. The molecule has 1 unspecified atom stereocenters. The molecule has 5 heteroatoms. The number of nitrogens with one attached hydrogen (secondary N) is 1. The number of aromatic amines is 1. The van der Waals surface area contributed by atoms with Gasteiger partial charge < -0.3 is 9.72 Å². The van der Waals surface area contributed by atoms with Crippen molar-refractivity contribution in [2.45, 2.75) is 12.5 Å². The molecular weight excluding hydrogens is 280 g/mol. The number of nitro benzene ring substituents is 1. The van der Waals surface area contributed by atoms with E-state index < -0.39 is 0 Å². The van der Waals surface area contributed by atoms with Gasteiger partial charge in [0, 0.05) is 23.0 Å². The van der Waals surface area contributed by atoms with E-state index in [4.69, 9.17) is 4.74 Å². The zero-order valence-corrected chi connectivity index (χ0v) is 11.8. The van der Waals surface area contributed by atoms with Crippen LogP contribution in [0.3, 0.4) is 0 Å². The SMILES string of the molecule is O=[N+]([O-])c1ccc(C2OCCc3c2[nH]c2ccccc32)cc1. The Labute approximate surface area is 126 Å². The van der Waals surface area contributed by atoms with E-state index in [1.54, 1.807) is 12.1 Å². The highest BCUT2D eigenvalue weighted by Crippen LogP contribution is 2.36. The molecule has 1 aromatic heterocycles. The summed E-state index contributed by atoms with van der Waals surface area (Å²) in [5, 5.41) is 12.0.